The number of carbonyl (C=O) groups is 1. The van der Waals surface area contributed by atoms with E-state index in [-0.39, 0.29) is 18.0 Å². The number of amides is 1. The third-order valence-electron chi connectivity index (χ3n) is 8.98. The smallest absolute Gasteiger partial charge is 0.251 e. The molecular formula is C31H35N9O3S. The van der Waals surface area contributed by atoms with Crippen LogP contribution in [-0.4, -0.2) is 79.8 Å². The third-order valence-corrected chi connectivity index (χ3v) is 10.00. The standard InChI is InChI=1S/C31H35N9O3S/c1-31(2,42)29(41)36-27-19-3-4-20(27)17-39(16-19)30-38-37-28(44-30)23-15-33-25(12-24(23)35-21-7-9-43-10-8-21)26-6-5-22-11-18(13-32)14-34-40(22)26/h5-6,11-12,14-15,19-21,27,42H,3-4,7-10,16-17H2,1-2H3,(H,33,35)(H,36,41)/t19-,20+,27-. The van der Waals surface area contributed by atoms with Gasteiger partial charge in [-0.25, -0.2) is 4.52 Å². The second kappa shape index (κ2) is 11.4. The second-order valence-electron chi connectivity index (χ2n) is 12.5. The molecule has 2 aliphatic heterocycles. The molecule has 6 heterocycles. The maximum Gasteiger partial charge on any atom is 0.251 e. The van der Waals surface area contributed by atoms with Crippen LogP contribution in [0.3, 0.4) is 0 Å². The molecule has 7 rings (SSSR count). The molecule has 2 bridgehead atoms. The molecule has 0 aromatic carbocycles. The molecule has 2 saturated heterocycles. The summed E-state index contributed by atoms with van der Waals surface area (Å²) in [6.07, 6.45) is 7.31. The molecule has 3 atom stereocenters. The zero-order valence-corrected chi connectivity index (χ0v) is 25.5. The minimum atomic E-state index is -1.39. The van der Waals surface area contributed by atoms with E-state index < -0.39 is 5.60 Å². The Hall–Kier alpha value is -4.12. The van der Waals surface area contributed by atoms with Crippen LogP contribution >= 0.6 is 11.3 Å². The molecule has 3 N–H and O–H groups in total. The van der Waals surface area contributed by atoms with E-state index >= 15 is 0 Å². The van der Waals surface area contributed by atoms with Crippen LogP contribution in [0.4, 0.5) is 10.8 Å². The van der Waals surface area contributed by atoms with Gasteiger partial charge < -0.3 is 25.4 Å². The van der Waals surface area contributed by atoms with Crippen molar-refractivity contribution in [2.24, 2.45) is 11.8 Å². The zero-order valence-electron chi connectivity index (χ0n) is 24.7. The fraction of sp³-hybridized carbons (Fsp3) is 0.484. The van der Waals surface area contributed by atoms with E-state index in [2.05, 4.69) is 36.9 Å². The number of piperidine rings is 1. The van der Waals surface area contributed by atoms with Crippen LogP contribution < -0.4 is 15.5 Å². The van der Waals surface area contributed by atoms with Crippen molar-refractivity contribution in [1.82, 2.24) is 30.1 Å². The molecule has 13 heteroatoms. The molecule has 1 aliphatic carbocycles. The van der Waals surface area contributed by atoms with Crippen molar-refractivity contribution in [2.75, 3.05) is 36.5 Å². The normalized spacial score (nSPS) is 22.2. The van der Waals surface area contributed by atoms with Crippen molar-refractivity contribution in [3.63, 3.8) is 0 Å². The van der Waals surface area contributed by atoms with Gasteiger partial charge in [-0.2, -0.15) is 10.4 Å². The number of pyridine rings is 1. The number of nitriles is 1. The summed E-state index contributed by atoms with van der Waals surface area (Å²) in [6.45, 7) is 6.06. The summed E-state index contributed by atoms with van der Waals surface area (Å²) in [4.78, 5) is 19.6. The topological polar surface area (TPSA) is 154 Å². The summed E-state index contributed by atoms with van der Waals surface area (Å²) < 4.78 is 7.39. The van der Waals surface area contributed by atoms with Crippen molar-refractivity contribution in [1.29, 1.82) is 5.26 Å². The summed E-state index contributed by atoms with van der Waals surface area (Å²) >= 11 is 1.55. The number of rotatable bonds is 7. The van der Waals surface area contributed by atoms with Gasteiger partial charge in [0.1, 0.15) is 11.7 Å². The average Bonchev–Trinajstić information content (AvgIpc) is 3.73. The monoisotopic (exact) mass is 613 g/mol. The lowest BCUT2D eigenvalue weighted by molar-refractivity contribution is -0.137. The highest BCUT2D eigenvalue weighted by Gasteiger charge is 2.44. The molecule has 0 unspecified atom stereocenters. The summed E-state index contributed by atoms with van der Waals surface area (Å²) in [5, 5.41) is 41.6. The van der Waals surface area contributed by atoms with Gasteiger partial charge in [-0.3, -0.25) is 9.78 Å². The van der Waals surface area contributed by atoms with Crippen LogP contribution in [0.1, 0.15) is 45.1 Å². The highest BCUT2D eigenvalue weighted by Crippen LogP contribution is 2.42. The highest BCUT2D eigenvalue weighted by atomic mass is 32.1. The van der Waals surface area contributed by atoms with Crippen molar-refractivity contribution in [2.45, 2.75) is 57.2 Å². The number of nitrogens with one attached hydrogen (secondary N) is 2. The van der Waals surface area contributed by atoms with E-state index in [0.29, 0.717) is 17.4 Å². The number of aliphatic hydroxyl groups is 1. The van der Waals surface area contributed by atoms with E-state index in [1.165, 1.54) is 13.8 Å². The lowest BCUT2D eigenvalue weighted by Crippen LogP contribution is -2.56. The molecule has 228 valence electrons. The largest absolute Gasteiger partial charge is 0.381 e. The van der Waals surface area contributed by atoms with Crippen molar-refractivity contribution in [3.05, 3.63) is 42.2 Å². The molecule has 3 fully saturated rings. The van der Waals surface area contributed by atoms with Gasteiger partial charge in [-0.15, -0.1) is 10.2 Å². The quantitative estimate of drug-likeness (QED) is 0.282. The Balaban J connectivity index is 1.16. The molecule has 0 radical (unpaired) electrons. The van der Waals surface area contributed by atoms with Gasteiger partial charge in [0.2, 0.25) is 5.13 Å². The lowest BCUT2D eigenvalue weighted by Gasteiger charge is -2.38. The van der Waals surface area contributed by atoms with Crippen LogP contribution in [0.5, 0.6) is 0 Å². The van der Waals surface area contributed by atoms with Gasteiger partial charge in [-0.1, -0.05) is 11.3 Å². The van der Waals surface area contributed by atoms with E-state index in [0.717, 1.165) is 90.3 Å². The van der Waals surface area contributed by atoms with Crippen LogP contribution in [-0.2, 0) is 9.53 Å². The lowest BCUT2D eigenvalue weighted by atomic mass is 9.91. The number of anilines is 2. The van der Waals surface area contributed by atoms with Gasteiger partial charge in [0.05, 0.1) is 34.2 Å². The molecule has 1 amide bonds. The molecule has 0 spiro atoms. The maximum absolute atomic E-state index is 12.5. The SMILES string of the molecule is CC(C)(O)C(=O)N[C@@H]1[C@@H]2CC[C@H]1CN(c1nnc(-c3cnc(-c4ccc5cc(C#N)cnn45)cc3NC3CCOCC3)s1)C2. The van der Waals surface area contributed by atoms with Crippen LogP contribution in [0, 0.1) is 23.2 Å². The Morgan fingerprint density at radius 2 is 1.89 bits per heavy atom. The Bertz CT molecular complexity index is 1720. The number of fused-ring (bicyclic) bond motifs is 3. The number of hydrogen-bond donors (Lipinski definition) is 3. The summed E-state index contributed by atoms with van der Waals surface area (Å²) in [7, 11) is 0. The first kappa shape index (κ1) is 28.6. The minimum Gasteiger partial charge on any atom is -0.381 e. The fourth-order valence-corrected chi connectivity index (χ4v) is 7.48. The van der Waals surface area contributed by atoms with Gasteiger partial charge >= 0.3 is 0 Å². The van der Waals surface area contributed by atoms with E-state index in [4.69, 9.17) is 9.72 Å². The van der Waals surface area contributed by atoms with Crippen LogP contribution in [0.25, 0.3) is 27.5 Å². The first-order chi connectivity index (χ1) is 21.3. The minimum absolute atomic E-state index is 0.0655. The van der Waals surface area contributed by atoms with Gasteiger partial charge in [-0.05, 0) is 75.6 Å². The fourth-order valence-electron chi connectivity index (χ4n) is 6.60. The Labute approximate surface area is 259 Å². The summed E-state index contributed by atoms with van der Waals surface area (Å²) in [5.41, 5.74) is 3.36. The third kappa shape index (κ3) is 5.49. The molecule has 44 heavy (non-hydrogen) atoms. The molecule has 3 aliphatic rings. The first-order valence-electron chi connectivity index (χ1n) is 15.1. The second-order valence-corrected chi connectivity index (χ2v) is 13.5. The molecule has 4 aromatic rings. The number of carbonyl (C=O) groups excluding carboxylic acids is 1. The van der Waals surface area contributed by atoms with Crippen LogP contribution in [0.2, 0.25) is 0 Å². The van der Waals surface area contributed by atoms with Crippen LogP contribution in [0.15, 0.2) is 36.7 Å². The number of aromatic nitrogens is 5. The Morgan fingerprint density at radius 3 is 2.61 bits per heavy atom. The van der Waals surface area contributed by atoms with Crippen molar-refractivity contribution < 1.29 is 14.6 Å². The predicted molar refractivity (Wildman–Crippen MR) is 166 cm³/mol. The van der Waals surface area contributed by atoms with Gasteiger partial charge in [0, 0.05) is 50.3 Å². The molecule has 4 aromatic heterocycles. The number of ether oxygens (including phenoxy) is 1. The van der Waals surface area contributed by atoms with Crippen molar-refractivity contribution >= 4 is 33.6 Å². The molecule has 12 nitrogen and oxygen atoms in total. The average molecular weight is 614 g/mol. The summed E-state index contributed by atoms with van der Waals surface area (Å²) in [5.74, 6) is 0.282. The highest BCUT2D eigenvalue weighted by molar-refractivity contribution is 7.18. The van der Waals surface area contributed by atoms with Crippen molar-refractivity contribution in [3.8, 4) is 28.0 Å². The predicted octanol–water partition coefficient (Wildman–Crippen LogP) is 3.48. The Morgan fingerprint density at radius 1 is 1.11 bits per heavy atom. The number of nitrogens with zero attached hydrogens (tertiary/aromatic N) is 7. The van der Waals surface area contributed by atoms with Gasteiger partial charge in [0.15, 0.2) is 5.01 Å². The Kier molecular flexibility index (Phi) is 7.44. The molecule has 1 saturated carbocycles. The van der Waals surface area contributed by atoms with E-state index in [1.807, 2.05) is 30.5 Å². The summed E-state index contributed by atoms with van der Waals surface area (Å²) in [6, 6.07) is 10.2. The maximum atomic E-state index is 12.5. The number of hydrogen-bond acceptors (Lipinski definition) is 11. The van der Waals surface area contributed by atoms with E-state index in [9.17, 15) is 15.2 Å². The van der Waals surface area contributed by atoms with Gasteiger partial charge in [0.25, 0.3) is 5.91 Å². The van der Waals surface area contributed by atoms with E-state index in [1.54, 1.807) is 22.0 Å². The zero-order chi connectivity index (χ0) is 30.4. The molecular weight excluding hydrogens is 578 g/mol. The first-order valence-corrected chi connectivity index (χ1v) is 15.9.